The SMILES string of the molecule is OC(c1c(Cl)c(F)cc2cncn12)C1CCCCC1. The van der Waals surface area contributed by atoms with E-state index < -0.39 is 11.9 Å². The molecule has 0 bridgehead atoms. The second-order valence-corrected chi connectivity index (χ2v) is 5.60. The number of fused-ring (bicyclic) bond motifs is 1. The van der Waals surface area contributed by atoms with Gasteiger partial charge < -0.3 is 5.11 Å². The third-order valence-corrected chi connectivity index (χ3v) is 4.39. The monoisotopic (exact) mass is 282 g/mol. The molecule has 2 aromatic heterocycles. The molecule has 1 saturated carbocycles. The highest BCUT2D eigenvalue weighted by Gasteiger charge is 2.28. The smallest absolute Gasteiger partial charge is 0.145 e. The van der Waals surface area contributed by atoms with Crippen molar-refractivity contribution in [3.63, 3.8) is 0 Å². The summed E-state index contributed by atoms with van der Waals surface area (Å²) in [7, 11) is 0. The van der Waals surface area contributed by atoms with Gasteiger partial charge in [-0.15, -0.1) is 0 Å². The van der Waals surface area contributed by atoms with Crippen LogP contribution in [0, 0.1) is 11.7 Å². The van der Waals surface area contributed by atoms with Gasteiger partial charge in [-0.1, -0.05) is 30.9 Å². The molecule has 2 aromatic rings. The summed E-state index contributed by atoms with van der Waals surface area (Å²) in [4.78, 5) is 4.00. The summed E-state index contributed by atoms with van der Waals surface area (Å²) < 4.78 is 15.5. The molecule has 1 aliphatic carbocycles. The van der Waals surface area contributed by atoms with Crippen LogP contribution in [0.5, 0.6) is 0 Å². The Labute approximate surface area is 116 Å². The van der Waals surface area contributed by atoms with Crippen molar-refractivity contribution in [3.05, 3.63) is 35.1 Å². The number of pyridine rings is 1. The van der Waals surface area contributed by atoms with E-state index in [2.05, 4.69) is 4.98 Å². The van der Waals surface area contributed by atoms with Crippen molar-refractivity contribution in [2.75, 3.05) is 0 Å². The Morgan fingerprint density at radius 3 is 2.84 bits per heavy atom. The molecule has 0 amide bonds. The molecule has 0 aliphatic heterocycles. The third-order valence-electron chi connectivity index (χ3n) is 4.01. The van der Waals surface area contributed by atoms with Crippen LogP contribution in [0.2, 0.25) is 5.02 Å². The minimum absolute atomic E-state index is 0.00331. The first kappa shape index (κ1) is 12.9. The van der Waals surface area contributed by atoms with Crippen LogP contribution >= 0.6 is 11.6 Å². The van der Waals surface area contributed by atoms with Gasteiger partial charge in [-0.3, -0.25) is 4.40 Å². The van der Waals surface area contributed by atoms with Gasteiger partial charge in [0.15, 0.2) is 0 Å². The lowest BCUT2D eigenvalue weighted by Crippen LogP contribution is -2.19. The van der Waals surface area contributed by atoms with Gasteiger partial charge in [0.1, 0.15) is 5.82 Å². The number of aromatic nitrogens is 2. The summed E-state index contributed by atoms with van der Waals surface area (Å²) >= 11 is 6.06. The third kappa shape index (κ3) is 2.23. The molecule has 3 rings (SSSR count). The van der Waals surface area contributed by atoms with Crippen molar-refractivity contribution >= 4 is 17.1 Å². The Balaban J connectivity index is 2.07. The molecule has 0 saturated heterocycles. The number of imidazole rings is 1. The van der Waals surface area contributed by atoms with Gasteiger partial charge >= 0.3 is 0 Å². The largest absolute Gasteiger partial charge is 0.387 e. The maximum Gasteiger partial charge on any atom is 0.145 e. The summed E-state index contributed by atoms with van der Waals surface area (Å²) in [5.41, 5.74) is 1.05. The Morgan fingerprint density at radius 1 is 1.37 bits per heavy atom. The molecule has 1 aliphatic rings. The molecule has 1 atom stereocenters. The summed E-state index contributed by atoms with van der Waals surface area (Å²) in [6.45, 7) is 0. The zero-order chi connectivity index (χ0) is 13.4. The summed E-state index contributed by atoms with van der Waals surface area (Å²) in [6.07, 6.45) is 7.76. The van der Waals surface area contributed by atoms with Crippen molar-refractivity contribution in [2.24, 2.45) is 5.92 Å². The molecule has 0 aromatic carbocycles. The van der Waals surface area contributed by atoms with Crippen LogP contribution in [0.3, 0.4) is 0 Å². The fourth-order valence-electron chi connectivity index (χ4n) is 2.98. The molecular formula is C14H16ClFN2O. The highest BCUT2D eigenvalue weighted by atomic mass is 35.5. The highest BCUT2D eigenvalue weighted by Crippen LogP contribution is 2.38. The van der Waals surface area contributed by atoms with E-state index in [1.807, 2.05) is 0 Å². The van der Waals surface area contributed by atoms with E-state index in [-0.39, 0.29) is 10.9 Å². The number of nitrogens with zero attached hydrogens (tertiary/aromatic N) is 2. The van der Waals surface area contributed by atoms with Crippen molar-refractivity contribution in [1.82, 2.24) is 9.38 Å². The van der Waals surface area contributed by atoms with Gasteiger partial charge in [0.2, 0.25) is 0 Å². The Hall–Kier alpha value is -1.13. The van der Waals surface area contributed by atoms with Crippen LogP contribution in [0.25, 0.3) is 5.52 Å². The van der Waals surface area contributed by atoms with E-state index in [4.69, 9.17) is 11.6 Å². The molecule has 1 N–H and O–H groups in total. The number of aliphatic hydroxyl groups is 1. The molecule has 3 nitrogen and oxygen atoms in total. The van der Waals surface area contributed by atoms with Gasteiger partial charge in [0.05, 0.1) is 34.9 Å². The summed E-state index contributed by atoms with van der Waals surface area (Å²) in [5, 5.41) is 10.6. The molecule has 5 heteroatoms. The molecule has 19 heavy (non-hydrogen) atoms. The quantitative estimate of drug-likeness (QED) is 0.911. The normalized spacial score (nSPS) is 18.9. The van der Waals surface area contributed by atoms with Gasteiger partial charge in [0, 0.05) is 6.07 Å². The first-order chi connectivity index (χ1) is 9.18. The van der Waals surface area contributed by atoms with Gasteiger partial charge in [-0.05, 0) is 18.8 Å². The average Bonchev–Trinajstić information content (AvgIpc) is 2.88. The number of rotatable bonds is 2. The Morgan fingerprint density at radius 2 is 2.11 bits per heavy atom. The van der Waals surface area contributed by atoms with Crippen LogP contribution in [0.15, 0.2) is 18.6 Å². The molecule has 102 valence electrons. The first-order valence-electron chi connectivity index (χ1n) is 6.66. The van der Waals surface area contributed by atoms with Crippen molar-refractivity contribution in [3.8, 4) is 0 Å². The zero-order valence-corrected chi connectivity index (χ0v) is 11.3. The van der Waals surface area contributed by atoms with E-state index in [0.717, 1.165) is 25.7 Å². The fourth-order valence-corrected chi connectivity index (χ4v) is 3.24. The van der Waals surface area contributed by atoms with E-state index in [1.54, 1.807) is 16.9 Å². The maximum absolute atomic E-state index is 13.8. The van der Waals surface area contributed by atoms with Crippen LogP contribution in [-0.4, -0.2) is 14.5 Å². The molecule has 0 spiro atoms. The fraction of sp³-hybridized carbons (Fsp3) is 0.500. The Kier molecular flexibility index (Phi) is 3.46. The Bertz CT molecular complexity index is 592. The van der Waals surface area contributed by atoms with Crippen LogP contribution < -0.4 is 0 Å². The number of aliphatic hydroxyl groups excluding tert-OH is 1. The lowest BCUT2D eigenvalue weighted by atomic mass is 9.84. The minimum Gasteiger partial charge on any atom is -0.387 e. The second kappa shape index (κ2) is 5.10. The van der Waals surface area contributed by atoms with E-state index in [1.165, 1.54) is 12.5 Å². The van der Waals surface area contributed by atoms with Crippen molar-refractivity contribution < 1.29 is 9.50 Å². The van der Waals surface area contributed by atoms with E-state index in [9.17, 15) is 9.50 Å². The van der Waals surface area contributed by atoms with Crippen LogP contribution in [0.1, 0.15) is 43.9 Å². The topological polar surface area (TPSA) is 37.5 Å². The maximum atomic E-state index is 13.8. The molecule has 1 unspecified atom stereocenters. The molecule has 2 heterocycles. The van der Waals surface area contributed by atoms with Gasteiger partial charge in [0.25, 0.3) is 0 Å². The first-order valence-corrected chi connectivity index (χ1v) is 7.04. The van der Waals surface area contributed by atoms with E-state index in [0.29, 0.717) is 11.2 Å². The van der Waals surface area contributed by atoms with E-state index >= 15 is 0 Å². The summed E-state index contributed by atoms with van der Waals surface area (Å²) in [5.74, 6) is -0.349. The summed E-state index contributed by atoms with van der Waals surface area (Å²) in [6, 6.07) is 1.34. The number of halogens is 2. The minimum atomic E-state index is -0.736. The number of hydrogen-bond donors (Lipinski definition) is 1. The lowest BCUT2D eigenvalue weighted by molar-refractivity contribution is 0.0799. The molecular weight excluding hydrogens is 267 g/mol. The average molecular weight is 283 g/mol. The predicted octanol–water partition coefficient (Wildman–Crippen LogP) is 3.74. The molecule has 1 fully saturated rings. The van der Waals surface area contributed by atoms with Crippen molar-refractivity contribution in [2.45, 2.75) is 38.2 Å². The lowest BCUT2D eigenvalue weighted by Gasteiger charge is -2.27. The van der Waals surface area contributed by atoms with Gasteiger partial charge in [-0.2, -0.15) is 0 Å². The predicted molar refractivity (Wildman–Crippen MR) is 71.7 cm³/mol. The standard InChI is InChI=1S/C14H16ClFN2O/c15-12-11(16)6-10-7-17-8-18(10)13(12)14(19)9-4-2-1-3-5-9/h6-9,14,19H,1-5H2. The number of hydrogen-bond acceptors (Lipinski definition) is 2. The van der Waals surface area contributed by atoms with Crippen LogP contribution in [0.4, 0.5) is 4.39 Å². The van der Waals surface area contributed by atoms with Crippen molar-refractivity contribution in [1.29, 1.82) is 0 Å². The highest BCUT2D eigenvalue weighted by molar-refractivity contribution is 6.31. The second-order valence-electron chi connectivity index (χ2n) is 5.22. The molecule has 0 radical (unpaired) electrons. The van der Waals surface area contributed by atoms with Crippen LogP contribution in [-0.2, 0) is 0 Å². The van der Waals surface area contributed by atoms with Gasteiger partial charge in [-0.25, -0.2) is 9.37 Å². The zero-order valence-electron chi connectivity index (χ0n) is 10.5.